The number of ether oxygens (including phenoxy) is 1. The SMILES string of the molecule is NC(=O)N1C=COC=C1. The quantitative estimate of drug-likeness (QED) is 0.508. The summed E-state index contributed by atoms with van der Waals surface area (Å²) in [6.45, 7) is 0. The Morgan fingerprint density at radius 2 is 2.00 bits per heavy atom. The lowest BCUT2D eigenvalue weighted by molar-refractivity contribution is 0.231. The Balaban J connectivity index is 2.60. The van der Waals surface area contributed by atoms with Crippen molar-refractivity contribution in [1.29, 1.82) is 0 Å². The van der Waals surface area contributed by atoms with Gasteiger partial charge < -0.3 is 10.5 Å². The van der Waals surface area contributed by atoms with Crippen LogP contribution in [0.4, 0.5) is 4.79 Å². The van der Waals surface area contributed by atoms with Crippen LogP contribution < -0.4 is 5.73 Å². The molecule has 0 radical (unpaired) electrons. The van der Waals surface area contributed by atoms with E-state index in [1.54, 1.807) is 0 Å². The Bertz CT molecular complexity index is 162. The van der Waals surface area contributed by atoms with Crippen molar-refractivity contribution in [2.75, 3.05) is 0 Å². The van der Waals surface area contributed by atoms with Crippen LogP contribution in [0.5, 0.6) is 0 Å². The fourth-order valence-corrected chi connectivity index (χ4v) is 0.443. The molecule has 0 bridgehead atoms. The van der Waals surface area contributed by atoms with Crippen LogP contribution in [0.15, 0.2) is 24.9 Å². The third-order valence-corrected chi connectivity index (χ3v) is 0.855. The third kappa shape index (κ3) is 1.22. The number of carbonyl (C=O) groups excluding carboxylic acids is 1. The van der Waals surface area contributed by atoms with E-state index in [0.29, 0.717) is 0 Å². The minimum absolute atomic E-state index is 0.522. The van der Waals surface area contributed by atoms with Gasteiger partial charge in [0, 0.05) is 12.4 Å². The minimum atomic E-state index is -0.522. The molecular formula is C5H6N2O2. The van der Waals surface area contributed by atoms with Gasteiger partial charge in [-0.3, -0.25) is 4.90 Å². The minimum Gasteiger partial charge on any atom is -0.470 e. The number of nitrogens with zero attached hydrogens (tertiary/aromatic N) is 1. The van der Waals surface area contributed by atoms with E-state index in [4.69, 9.17) is 5.73 Å². The summed E-state index contributed by atoms with van der Waals surface area (Å²) < 4.78 is 4.64. The van der Waals surface area contributed by atoms with Gasteiger partial charge in [0.2, 0.25) is 0 Å². The number of amides is 2. The maximum absolute atomic E-state index is 10.3. The number of hydrogen-bond donors (Lipinski definition) is 1. The molecule has 0 aromatic rings. The van der Waals surface area contributed by atoms with Crippen LogP contribution in [-0.2, 0) is 4.74 Å². The molecule has 0 aromatic carbocycles. The van der Waals surface area contributed by atoms with Crippen LogP contribution >= 0.6 is 0 Å². The van der Waals surface area contributed by atoms with Gasteiger partial charge in [0.05, 0.1) is 0 Å². The molecule has 1 aliphatic heterocycles. The van der Waals surface area contributed by atoms with Gasteiger partial charge in [-0.15, -0.1) is 0 Å². The van der Waals surface area contributed by atoms with Crippen molar-refractivity contribution in [3.8, 4) is 0 Å². The van der Waals surface area contributed by atoms with Gasteiger partial charge in [0.15, 0.2) is 0 Å². The fraction of sp³-hybridized carbons (Fsp3) is 0. The molecule has 1 aliphatic rings. The molecule has 0 fully saturated rings. The number of urea groups is 1. The van der Waals surface area contributed by atoms with Crippen molar-refractivity contribution in [2.45, 2.75) is 0 Å². The number of carbonyl (C=O) groups is 1. The van der Waals surface area contributed by atoms with Gasteiger partial charge in [-0.25, -0.2) is 4.79 Å². The zero-order valence-corrected chi connectivity index (χ0v) is 4.65. The molecule has 4 nitrogen and oxygen atoms in total. The molecule has 0 saturated carbocycles. The summed E-state index contributed by atoms with van der Waals surface area (Å²) in [5, 5.41) is 0. The molecule has 0 atom stereocenters. The summed E-state index contributed by atoms with van der Waals surface area (Å²) in [4.78, 5) is 11.6. The van der Waals surface area contributed by atoms with Gasteiger partial charge in [-0.05, 0) is 0 Å². The Kier molecular flexibility index (Phi) is 1.40. The Morgan fingerprint density at radius 3 is 2.33 bits per heavy atom. The number of rotatable bonds is 0. The van der Waals surface area contributed by atoms with E-state index in [-0.39, 0.29) is 0 Å². The van der Waals surface area contributed by atoms with Crippen LogP contribution in [0.2, 0.25) is 0 Å². The molecule has 1 heterocycles. The maximum Gasteiger partial charge on any atom is 0.323 e. The molecule has 0 saturated heterocycles. The van der Waals surface area contributed by atoms with Crippen molar-refractivity contribution in [3.63, 3.8) is 0 Å². The lowest BCUT2D eigenvalue weighted by Gasteiger charge is -2.11. The van der Waals surface area contributed by atoms with E-state index in [0.717, 1.165) is 0 Å². The molecule has 48 valence electrons. The van der Waals surface area contributed by atoms with Gasteiger partial charge in [0.25, 0.3) is 0 Å². The zero-order chi connectivity index (χ0) is 6.69. The summed E-state index contributed by atoms with van der Waals surface area (Å²) in [5.74, 6) is 0. The van der Waals surface area contributed by atoms with Crippen molar-refractivity contribution < 1.29 is 9.53 Å². The lowest BCUT2D eigenvalue weighted by atomic mass is 10.6. The standard InChI is InChI=1S/C5H6N2O2/c6-5(8)7-1-3-9-4-2-7/h1-4H,(H2,6,8). The van der Waals surface area contributed by atoms with E-state index in [1.165, 1.54) is 29.8 Å². The highest BCUT2D eigenvalue weighted by Gasteiger charge is 2.02. The molecular weight excluding hydrogens is 120 g/mol. The normalized spacial score (nSPS) is 15.3. The fourth-order valence-electron chi connectivity index (χ4n) is 0.443. The summed E-state index contributed by atoms with van der Waals surface area (Å²) >= 11 is 0. The molecule has 1 rings (SSSR count). The average Bonchev–Trinajstić information content (AvgIpc) is 1.90. The van der Waals surface area contributed by atoms with Gasteiger partial charge in [0.1, 0.15) is 12.5 Å². The summed E-state index contributed by atoms with van der Waals surface area (Å²) in [6, 6.07) is -0.522. The van der Waals surface area contributed by atoms with Crippen LogP contribution in [-0.4, -0.2) is 10.9 Å². The number of nitrogens with two attached hydrogens (primary N) is 1. The van der Waals surface area contributed by atoms with Crippen molar-refractivity contribution >= 4 is 6.03 Å². The second-order valence-corrected chi connectivity index (χ2v) is 1.45. The van der Waals surface area contributed by atoms with Gasteiger partial charge >= 0.3 is 6.03 Å². The van der Waals surface area contributed by atoms with Crippen LogP contribution in [0.25, 0.3) is 0 Å². The predicted octanol–water partition coefficient (Wildman–Crippen LogP) is 0.340. The molecule has 0 aromatic heterocycles. The van der Waals surface area contributed by atoms with Crippen LogP contribution in [0, 0.1) is 0 Å². The highest BCUT2D eigenvalue weighted by molar-refractivity contribution is 5.74. The smallest absolute Gasteiger partial charge is 0.323 e. The molecule has 0 aliphatic carbocycles. The molecule has 0 spiro atoms. The first kappa shape index (κ1) is 5.68. The predicted molar refractivity (Wildman–Crippen MR) is 30.8 cm³/mol. The lowest BCUT2D eigenvalue weighted by Crippen LogP contribution is -2.27. The van der Waals surface area contributed by atoms with Crippen molar-refractivity contribution in [1.82, 2.24) is 4.90 Å². The van der Waals surface area contributed by atoms with E-state index in [2.05, 4.69) is 4.74 Å². The topological polar surface area (TPSA) is 55.6 Å². The van der Waals surface area contributed by atoms with E-state index < -0.39 is 6.03 Å². The first-order valence-electron chi connectivity index (χ1n) is 2.37. The molecule has 9 heavy (non-hydrogen) atoms. The van der Waals surface area contributed by atoms with Crippen LogP contribution in [0.1, 0.15) is 0 Å². The maximum atomic E-state index is 10.3. The molecule has 4 heteroatoms. The van der Waals surface area contributed by atoms with Gasteiger partial charge in [-0.1, -0.05) is 0 Å². The number of hydrogen-bond acceptors (Lipinski definition) is 2. The van der Waals surface area contributed by atoms with Crippen LogP contribution in [0.3, 0.4) is 0 Å². The third-order valence-electron chi connectivity index (χ3n) is 0.855. The second-order valence-electron chi connectivity index (χ2n) is 1.45. The van der Waals surface area contributed by atoms with E-state index in [9.17, 15) is 4.79 Å². The Labute approximate surface area is 52.2 Å². The second kappa shape index (κ2) is 2.21. The summed E-state index contributed by atoms with van der Waals surface area (Å²) in [6.07, 6.45) is 5.60. The first-order chi connectivity index (χ1) is 4.30. The monoisotopic (exact) mass is 126 g/mol. The molecule has 0 unspecified atom stereocenters. The zero-order valence-electron chi connectivity index (χ0n) is 4.65. The van der Waals surface area contributed by atoms with Crippen molar-refractivity contribution in [2.24, 2.45) is 5.73 Å². The largest absolute Gasteiger partial charge is 0.470 e. The molecule has 2 amide bonds. The highest BCUT2D eigenvalue weighted by atomic mass is 16.5. The Morgan fingerprint density at radius 1 is 1.44 bits per heavy atom. The molecule has 2 N–H and O–H groups in total. The first-order valence-corrected chi connectivity index (χ1v) is 2.37. The van der Waals surface area contributed by atoms with Crippen molar-refractivity contribution in [3.05, 3.63) is 24.9 Å². The highest BCUT2D eigenvalue weighted by Crippen LogP contribution is 1.97. The number of primary amides is 1. The average molecular weight is 126 g/mol. The Hall–Kier alpha value is -1.45. The van der Waals surface area contributed by atoms with Gasteiger partial charge in [-0.2, -0.15) is 0 Å². The van der Waals surface area contributed by atoms with E-state index in [1.807, 2.05) is 0 Å². The van der Waals surface area contributed by atoms with E-state index >= 15 is 0 Å². The summed E-state index contributed by atoms with van der Waals surface area (Å²) in [5.41, 5.74) is 4.90. The summed E-state index contributed by atoms with van der Waals surface area (Å²) in [7, 11) is 0.